The molecule has 7 heteroatoms. The predicted octanol–water partition coefficient (Wildman–Crippen LogP) is 2.94. The van der Waals surface area contributed by atoms with Gasteiger partial charge >= 0.3 is 6.18 Å². The molecule has 0 aliphatic carbocycles. The highest BCUT2D eigenvalue weighted by Crippen LogP contribution is 2.30. The van der Waals surface area contributed by atoms with Gasteiger partial charge in [0, 0.05) is 17.5 Å². The number of anilines is 1. The lowest BCUT2D eigenvalue weighted by atomic mass is 10.3. The van der Waals surface area contributed by atoms with Crippen molar-refractivity contribution in [2.24, 2.45) is 5.73 Å². The van der Waals surface area contributed by atoms with Crippen LogP contribution in [0.1, 0.15) is 31.3 Å². The van der Waals surface area contributed by atoms with E-state index in [4.69, 9.17) is 5.73 Å². The van der Waals surface area contributed by atoms with Gasteiger partial charge in [-0.2, -0.15) is 13.2 Å². The van der Waals surface area contributed by atoms with Crippen LogP contribution in [-0.4, -0.2) is 23.7 Å². The van der Waals surface area contributed by atoms with Gasteiger partial charge in [0.2, 0.25) is 0 Å². The fourth-order valence-electron chi connectivity index (χ4n) is 1.59. The summed E-state index contributed by atoms with van der Waals surface area (Å²) in [7, 11) is 0. The average molecular weight is 281 g/mol. The molecule has 104 valence electrons. The Labute approximate surface area is 109 Å². The van der Waals surface area contributed by atoms with Crippen molar-refractivity contribution >= 4 is 16.5 Å². The van der Waals surface area contributed by atoms with E-state index in [-0.39, 0.29) is 6.04 Å². The lowest BCUT2D eigenvalue weighted by Crippen LogP contribution is -2.39. The number of hydrogen-bond acceptors (Lipinski definition) is 4. The van der Waals surface area contributed by atoms with Crippen LogP contribution in [0.4, 0.5) is 18.3 Å². The summed E-state index contributed by atoms with van der Waals surface area (Å²) in [6.45, 7) is 4.70. The maximum absolute atomic E-state index is 12.5. The second-order valence-electron chi connectivity index (χ2n) is 4.26. The zero-order chi connectivity index (χ0) is 13.9. The molecule has 0 atom stereocenters. The molecule has 1 heterocycles. The highest BCUT2D eigenvalue weighted by Gasteiger charge is 2.33. The van der Waals surface area contributed by atoms with Crippen LogP contribution in [0.3, 0.4) is 0 Å². The fraction of sp³-hybridized carbons (Fsp3) is 0.727. The minimum Gasteiger partial charge on any atom is -0.337 e. The molecular weight excluding hydrogens is 263 g/mol. The number of nitrogens with two attached hydrogens (primary N) is 1. The van der Waals surface area contributed by atoms with Gasteiger partial charge in [0.05, 0.1) is 5.69 Å². The lowest BCUT2D eigenvalue weighted by Gasteiger charge is -2.27. The number of aromatic nitrogens is 1. The van der Waals surface area contributed by atoms with Gasteiger partial charge in [0.15, 0.2) is 5.13 Å². The van der Waals surface area contributed by atoms with Crippen molar-refractivity contribution in [1.29, 1.82) is 0 Å². The molecule has 0 spiro atoms. The predicted molar refractivity (Wildman–Crippen MR) is 67.9 cm³/mol. The summed E-state index contributed by atoms with van der Waals surface area (Å²) in [6, 6.07) is -0.256. The van der Waals surface area contributed by atoms with Crippen molar-refractivity contribution in [3.05, 3.63) is 10.6 Å². The van der Waals surface area contributed by atoms with Crippen LogP contribution >= 0.6 is 11.3 Å². The Kier molecular flexibility index (Phi) is 4.98. The summed E-state index contributed by atoms with van der Waals surface area (Å²) in [4.78, 5) is 6.40. The molecule has 1 rings (SSSR count). The van der Waals surface area contributed by atoms with E-state index in [2.05, 4.69) is 4.98 Å². The summed E-state index contributed by atoms with van der Waals surface area (Å²) < 4.78 is 37.6. The third kappa shape index (κ3) is 3.84. The van der Waals surface area contributed by atoms with Gasteiger partial charge in [-0.25, -0.2) is 4.98 Å². The maximum atomic E-state index is 12.5. The van der Waals surface area contributed by atoms with Crippen molar-refractivity contribution in [3.63, 3.8) is 0 Å². The highest BCUT2D eigenvalue weighted by molar-refractivity contribution is 7.15. The SMILES string of the molecule is CCc1nc(N(CC(F)(F)F)C(C)C)sc1CN. The van der Waals surface area contributed by atoms with Crippen LogP contribution in [0.2, 0.25) is 0 Å². The van der Waals surface area contributed by atoms with E-state index in [1.165, 1.54) is 16.2 Å². The Morgan fingerprint density at radius 2 is 2.00 bits per heavy atom. The molecule has 3 nitrogen and oxygen atoms in total. The van der Waals surface area contributed by atoms with Crippen LogP contribution in [0.15, 0.2) is 0 Å². The summed E-state index contributed by atoms with van der Waals surface area (Å²) in [5, 5.41) is 0.402. The molecule has 0 aromatic carbocycles. The molecule has 0 amide bonds. The molecule has 2 N–H and O–H groups in total. The van der Waals surface area contributed by atoms with Gasteiger partial charge < -0.3 is 10.6 Å². The number of nitrogens with zero attached hydrogens (tertiary/aromatic N) is 2. The second kappa shape index (κ2) is 5.88. The quantitative estimate of drug-likeness (QED) is 0.902. The molecule has 1 aromatic heterocycles. The number of thiazole rings is 1. The van der Waals surface area contributed by atoms with Crippen LogP contribution in [-0.2, 0) is 13.0 Å². The summed E-state index contributed by atoms with van der Waals surface area (Å²) in [5.41, 5.74) is 6.37. The molecular formula is C11H18F3N3S. The van der Waals surface area contributed by atoms with E-state index in [1.807, 2.05) is 6.92 Å². The van der Waals surface area contributed by atoms with Crippen molar-refractivity contribution in [3.8, 4) is 0 Å². The van der Waals surface area contributed by atoms with Gasteiger partial charge in [-0.3, -0.25) is 0 Å². The minimum atomic E-state index is -4.23. The van der Waals surface area contributed by atoms with E-state index in [1.54, 1.807) is 13.8 Å². The van der Waals surface area contributed by atoms with Gasteiger partial charge in [-0.1, -0.05) is 6.92 Å². The Morgan fingerprint density at radius 1 is 1.39 bits per heavy atom. The minimum absolute atomic E-state index is 0.256. The first-order valence-electron chi connectivity index (χ1n) is 5.80. The zero-order valence-electron chi connectivity index (χ0n) is 10.7. The van der Waals surface area contributed by atoms with Crippen molar-refractivity contribution in [2.45, 2.75) is 46.0 Å². The lowest BCUT2D eigenvalue weighted by molar-refractivity contribution is -0.120. The number of rotatable bonds is 5. The molecule has 1 aromatic rings. The maximum Gasteiger partial charge on any atom is 0.406 e. The molecule has 18 heavy (non-hydrogen) atoms. The largest absolute Gasteiger partial charge is 0.406 e. The Bertz CT molecular complexity index is 366. The number of alkyl halides is 3. The molecule has 0 bridgehead atoms. The van der Waals surface area contributed by atoms with Crippen molar-refractivity contribution < 1.29 is 13.2 Å². The van der Waals surface area contributed by atoms with Crippen molar-refractivity contribution in [2.75, 3.05) is 11.4 Å². The number of aryl methyl sites for hydroxylation is 1. The van der Waals surface area contributed by atoms with E-state index in [0.717, 1.165) is 10.6 Å². The fourth-order valence-corrected chi connectivity index (χ4v) is 2.75. The topological polar surface area (TPSA) is 42.2 Å². The second-order valence-corrected chi connectivity index (χ2v) is 5.32. The first-order chi connectivity index (χ1) is 8.28. The highest BCUT2D eigenvalue weighted by atomic mass is 32.1. The third-order valence-electron chi connectivity index (χ3n) is 2.51. The van der Waals surface area contributed by atoms with Gasteiger partial charge in [-0.05, 0) is 20.3 Å². The monoisotopic (exact) mass is 281 g/mol. The van der Waals surface area contributed by atoms with Crippen LogP contribution < -0.4 is 10.6 Å². The standard InChI is InChI=1S/C11H18F3N3S/c1-4-8-9(5-15)18-10(16-8)17(7(2)3)6-11(12,13)14/h7H,4-6,15H2,1-3H3. The van der Waals surface area contributed by atoms with Gasteiger partial charge in [-0.15, -0.1) is 11.3 Å². The van der Waals surface area contributed by atoms with Crippen LogP contribution in [0, 0.1) is 0 Å². The Morgan fingerprint density at radius 3 is 2.33 bits per heavy atom. The smallest absolute Gasteiger partial charge is 0.337 e. The third-order valence-corrected chi connectivity index (χ3v) is 3.66. The zero-order valence-corrected chi connectivity index (χ0v) is 11.5. The van der Waals surface area contributed by atoms with Crippen molar-refractivity contribution in [1.82, 2.24) is 4.98 Å². The first kappa shape index (κ1) is 15.2. The molecule has 0 saturated carbocycles. The van der Waals surface area contributed by atoms with Gasteiger partial charge in [0.25, 0.3) is 0 Å². The average Bonchev–Trinajstić information content (AvgIpc) is 2.67. The summed E-state index contributed by atoms with van der Waals surface area (Å²) >= 11 is 1.25. The number of halogens is 3. The summed E-state index contributed by atoms with van der Waals surface area (Å²) in [5.74, 6) is 0. The van der Waals surface area contributed by atoms with Crippen LogP contribution in [0.25, 0.3) is 0 Å². The first-order valence-corrected chi connectivity index (χ1v) is 6.62. The summed E-state index contributed by atoms with van der Waals surface area (Å²) in [6.07, 6.45) is -3.55. The van der Waals surface area contributed by atoms with E-state index in [0.29, 0.717) is 18.1 Å². The molecule has 0 aliphatic rings. The number of hydrogen-bond donors (Lipinski definition) is 1. The Balaban J connectivity index is 3.02. The Hall–Kier alpha value is -0.820. The molecule has 0 aliphatic heterocycles. The van der Waals surface area contributed by atoms with E-state index >= 15 is 0 Å². The van der Waals surface area contributed by atoms with E-state index < -0.39 is 12.7 Å². The molecule has 0 radical (unpaired) electrons. The normalized spacial score (nSPS) is 12.2. The van der Waals surface area contributed by atoms with E-state index in [9.17, 15) is 13.2 Å². The molecule has 0 fully saturated rings. The van der Waals surface area contributed by atoms with Crippen LogP contribution in [0.5, 0.6) is 0 Å². The molecule has 0 saturated heterocycles. The van der Waals surface area contributed by atoms with Gasteiger partial charge in [0.1, 0.15) is 6.54 Å². The molecule has 0 unspecified atom stereocenters.